The van der Waals surface area contributed by atoms with E-state index in [0.717, 1.165) is 55.2 Å². The summed E-state index contributed by atoms with van der Waals surface area (Å²) in [7, 11) is 0. The summed E-state index contributed by atoms with van der Waals surface area (Å²) in [6.45, 7) is 0. The highest BCUT2D eigenvalue weighted by Crippen LogP contribution is 2.20. The number of ether oxygens (including phenoxy) is 1. The Labute approximate surface area is 250 Å². The van der Waals surface area contributed by atoms with E-state index in [1.165, 1.54) is 19.3 Å². The fourth-order valence-electron chi connectivity index (χ4n) is 5.54. The van der Waals surface area contributed by atoms with Crippen LogP contribution in [0.15, 0.2) is 91.0 Å². The number of benzene rings is 3. The van der Waals surface area contributed by atoms with E-state index in [1.807, 2.05) is 91.0 Å². The van der Waals surface area contributed by atoms with Crippen molar-refractivity contribution >= 4 is 17.8 Å². The van der Waals surface area contributed by atoms with E-state index in [0.29, 0.717) is 12.8 Å². The van der Waals surface area contributed by atoms with Gasteiger partial charge in [0.05, 0.1) is 6.42 Å². The van der Waals surface area contributed by atoms with Crippen LogP contribution in [0.25, 0.3) is 0 Å². The molecule has 1 aliphatic rings. The first-order valence-corrected chi connectivity index (χ1v) is 15.5. The third kappa shape index (κ3) is 10.8. The van der Waals surface area contributed by atoms with Gasteiger partial charge in [-0.2, -0.15) is 0 Å². The summed E-state index contributed by atoms with van der Waals surface area (Å²) in [5.74, 6) is -1.06. The van der Waals surface area contributed by atoms with Crippen LogP contribution in [0.4, 0.5) is 0 Å². The van der Waals surface area contributed by atoms with Gasteiger partial charge in [-0.25, -0.2) is 4.79 Å². The van der Waals surface area contributed by atoms with Crippen LogP contribution in [0, 0.1) is 0 Å². The lowest BCUT2D eigenvalue weighted by molar-refractivity contribution is -0.154. The molecule has 3 aromatic rings. The zero-order chi connectivity index (χ0) is 29.4. The minimum absolute atomic E-state index is 0.142. The molecule has 0 aromatic heterocycles. The molecule has 0 aliphatic heterocycles. The van der Waals surface area contributed by atoms with Crippen LogP contribution in [-0.2, 0) is 38.4 Å². The molecule has 3 aromatic carbocycles. The first-order valence-electron chi connectivity index (χ1n) is 15.5. The summed E-state index contributed by atoms with van der Waals surface area (Å²) in [5, 5.41) is 5.89. The van der Waals surface area contributed by atoms with E-state index >= 15 is 0 Å². The second kappa shape index (κ2) is 17.1. The molecule has 0 bridgehead atoms. The standard InChI is InChI=1S/C36H44N2O4/c39-34(27-30-21-13-8-14-22-30)37-32(25-28-17-9-6-10-18-28)35(40)38-33(26-29-19-11-7-12-20-29)36(41)42-31-23-15-4-2-1-3-5-16-24-31/h6-14,17-22,31-33H,1-5,15-16,23-27H2,(H,37,39)(H,38,40)/t32-,33-/m0/s1. The highest BCUT2D eigenvalue weighted by atomic mass is 16.5. The van der Waals surface area contributed by atoms with Crippen molar-refractivity contribution in [1.29, 1.82) is 0 Å². The second-order valence-corrected chi connectivity index (χ2v) is 11.3. The Bertz CT molecular complexity index is 1220. The summed E-state index contributed by atoms with van der Waals surface area (Å²) < 4.78 is 6.08. The van der Waals surface area contributed by atoms with Crippen LogP contribution >= 0.6 is 0 Å². The van der Waals surface area contributed by atoms with E-state index in [-0.39, 0.29) is 18.4 Å². The van der Waals surface area contributed by atoms with Crippen molar-refractivity contribution in [3.8, 4) is 0 Å². The van der Waals surface area contributed by atoms with Gasteiger partial charge < -0.3 is 15.4 Å². The molecule has 1 aliphatic carbocycles. The molecule has 0 saturated heterocycles. The lowest BCUT2D eigenvalue weighted by atomic mass is 9.99. The Balaban J connectivity index is 1.48. The largest absolute Gasteiger partial charge is 0.461 e. The van der Waals surface area contributed by atoms with Crippen molar-refractivity contribution in [2.75, 3.05) is 0 Å². The van der Waals surface area contributed by atoms with E-state index in [9.17, 15) is 14.4 Å². The Morgan fingerprint density at radius 1 is 0.595 bits per heavy atom. The van der Waals surface area contributed by atoms with Gasteiger partial charge in [-0.15, -0.1) is 0 Å². The summed E-state index contributed by atoms with van der Waals surface area (Å²) in [4.78, 5) is 40.4. The lowest BCUT2D eigenvalue weighted by Crippen LogP contribution is -2.54. The summed E-state index contributed by atoms with van der Waals surface area (Å²) in [6.07, 6.45) is 10.5. The van der Waals surface area contributed by atoms with Crippen LogP contribution in [0.2, 0.25) is 0 Å². The minimum atomic E-state index is -0.861. The van der Waals surface area contributed by atoms with Crippen LogP contribution in [0.1, 0.15) is 74.5 Å². The molecule has 42 heavy (non-hydrogen) atoms. The van der Waals surface area contributed by atoms with Gasteiger partial charge in [-0.3, -0.25) is 9.59 Å². The van der Waals surface area contributed by atoms with Crippen LogP contribution in [0.5, 0.6) is 0 Å². The van der Waals surface area contributed by atoms with Crippen molar-refractivity contribution in [3.63, 3.8) is 0 Å². The fourth-order valence-corrected chi connectivity index (χ4v) is 5.54. The second-order valence-electron chi connectivity index (χ2n) is 11.3. The molecule has 6 heteroatoms. The van der Waals surface area contributed by atoms with Crippen LogP contribution in [-0.4, -0.2) is 36.0 Å². The van der Waals surface area contributed by atoms with Crippen LogP contribution in [0.3, 0.4) is 0 Å². The van der Waals surface area contributed by atoms with Gasteiger partial charge in [-0.05, 0) is 42.4 Å². The Kier molecular flexibility index (Phi) is 12.6. The molecular weight excluding hydrogens is 524 g/mol. The molecule has 4 rings (SSSR count). The molecule has 6 nitrogen and oxygen atoms in total. The van der Waals surface area contributed by atoms with Gasteiger partial charge >= 0.3 is 5.97 Å². The van der Waals surface area contributed by atoms with Crippen molar-refractivity contribution in [2.45, 2.75) is 95.2 Å². The lowest BCUT2D eigenvalue weighted by Gasteiger charge is -2.26. The number of carbonyl (C=O) groups is 3. The van der Waals surface area contributed by atoms with E-state index in [2.05, 4.69) is 10.6 Å². The number of esters is 1. The fraction of sp³-hybridized carbons (Fsp3) is 0.417. The van der Waals surface area contributed by atoms with Crippen molar-refractivity contribution in [1.82, 2.24) is 10.6 Å². The van der Waals surface area contributed by atoms with E-state index in [1.54, 1.807) is 0 Å². The average Bonchev–Trinajstić information content (AvgIpc) is 3.01. The van der Waals surface area contributed by atoms with Gasteiger partial charge in [0.2, 0.25) is 11.8 Å². The SMILES string of the molecule is O=C(Cc1ccccc1)N[C@@H](Cc1ccccc1)C(=O)N[C@@H](Cc1ccccc1)C(=O)OC1CCCCCCCCC1. The minimum Gasteiger partial charge on any atom is -0.461 e. The number of amides is 2. The smallest absolute Gasteiger partial charge is 0.329 e. The average molecular weight is 569 g/mol. The molecule has 0 spiro atoms. The maximum atomic E-state index is 13.8. The number of carbonyl (C=O) groups excluding carboxylic acids is 3. The summed E-state index contributed by atoms with van der Waals surface area (Å²) >= 11 is 0. The maximum Gasteiger partial charge on any atom is 0.329 e. The molecule has 0 radical (unpaired) electrons. The molecular formula is C36H44N2O4. The highest BCUT2D eigenvalue weighted by Gasteiger charge is 2.30. The molecule has 2 atom stereocenters. The molecule has 2 N–H and O–H groups in total. The van der Waals surface area contributed by atoms with E-state index < -0.39 is 24.0 Å². The number of hydrogen-bond acceptors (Lipinski definition) is 4. The highest BCUT2D eigenvalue weighted by molar-refractivity contribution is 5.91. The monoisotopic (exact) mass is 568 g/mol. The summed E-state index contributed by atoms with van der Waals surface area (Å²) in [6, 6.07) is 27.0. The first kappa shape index (κ1) is 31.0. The molecule has 222 valence electrons. The predicted molar refractivity (Wildman–Crippen MR) is 166 cm³/mol. The van der Waals surface area contributed by atoms with Crippen molar-refractivity contribution in [3.05, 3.63) is 108 Å². The van der Waals surface area contributed by atoms with Gasteiger partial charge in [0.1, 0.15) is 18.2 Å². The maximum absolute atomic E-state index is 13.8. The molecule has 0 heterocycles. The molecule has 0 unspecified atom stereocenters. The van der Waals surface area contributed by atoms with Crippen molar-refractivity contribution in [2.24, 2.45) is 0 Å². The van der Waals surface area contributed by atoms with Gasteiger partial charge in [0, 0.05) is 12.8 Å². The van der Waals surface area contributed by atoms with Crippen molar-refractivity contribution < 1.29 is 19.1 Å². The Morgan fingerprint density at radius 3 is 1.57 bits per heavy atom. The normalized spacial score (nSPS) is 16.0. The first-order chi connectivity index (χ1) is 20.6. The predicted octanol–water partition coefficient (Wildman–Crippen LogP) is 6.12. The van der Waals surface area contributed by atoms with Gasteiger partial charge in [-0.1, -0.05) is 123 Å². The zero-order valence-electron chi connectivity index (χ0n) is 24.5. The number of hydrogen-bond donors (Lipinski definition) is 2. The topological polar surface area (TPSA) is 84.5 Å². The molecule has 1 saturated carbocycles. The molecule has 2 amide bonds. The zero-order valence-corrected chi connectivity index (χ0v) is 24.5. The summed E-state index contributed by atoms with van der Waals surface area (Å²) in [5.41, 5.74) is 2.71. The van der Waals surface area contributed by atoms with Crippen LogP contribution < -0.4 is 10.6 Å². The molecule has 1 fully saturated rings. The van der Waals surface area contributed by atoms with Gasteiger partial charge in [0.25, 0.3) is 0 Å². The number of nitrogens with one attached hydrogen (secondary N) is 2. The van der Waals surface area contributed by atoms with Gasteiger partial charge in [0.15, 0.2) is 0 Å². The third-order valence-corrected chi connectivity index (χ3v) is 7.86. The Hall–Kier alpha value is -3.93. The Morgan fingerprint density at radius 2 is 1.05 bits per heavy atom. The quantitative estimate of drug-likeness (QED) is 0.273. The van der Waals surface area contributed by atoms with E-state index in [4.69, 9.17) is 4.74 Å². The third-order valence-electron chi connectivity index (χ3n) is 7.86. The number of rotatable bonds is 11.